The predicted octanol–water partition coefficient (Wildman–Crippen LogP) is 1.47. The fourth-order valence-corrected chi connectivity index (χ4v) is 1.65. The number of hydrogen-bond acceptors (Lipinski definition) is 3. The number of hydrogen-bond donors (Lipinski definition) is 1. The van der Waals surface area contributed by atoms with Gasteiger partial charge in [-0.3, -0.25) is 9.59 Å². The highest BCUT2D eigenvalue weighted by atomic mass is 16.5. The summed E-state index contributed by atoms with van der Waals surface area (Å²) >= 11 is 0. The Kier molecular flexibility index (Phi) is 7.59. The predicted molar refractivity (Wildman–Crippen MR) is 69.3 cm³/mol. The molecule has 0 heterocycles. The maximum absolute atomic E-state index is 12.2. The fourth-order valence-electron chi connectivity index (χ4n) is 1.65. The first-order valence-corrected chi connectivity index (χ1v) is 6.31. The minimum absolute atomic E-state index is 0.115. The molecule has 0 aromatic carbocycles. The lowest BCUT2D eigenvalue weighted by Crippen LogP contribution is -2.42. The zero-order valence-corrected chi connectivity index (χ0v) is 12.0. The molecule has 1 amide bonds. The van der Waals surface area contributed by atoms with E-state index in [1.165, 1.54) is 0 Å². The van der Waals surface area contributed by atoms with Crippen LogP contribution in [0.2, 0.25) is 0 Å². The van der Waals surface area contributed by atoms with Crippen molar-refractivity contribution in [3.8, 4) is 0 Å². The van der Waals surface area contributed by atoms with Gasteiger partial charge in [0.2, 0.25) is 5.91 Å². The molecule has 0 radical (unpaired) electrons. The molecule has 0 aromatic rings. The number of amides is 1. The largest absolute Gasteiger partial charge is 0.481 e. The number of carboxylic acid groups (broad SMARTS) is 1. The van der Waals surface area contributed by atoms with Gasteiger partial charge in [-0.25, -0.2) is 0 Å². The Morgan fingerprint density at radius 1 is 1.17 bits per heavy atom. The van der Waals surface area contributed by atoms with Crippen LogP contribution in [-0.4, -0.2) is 48.7 Å². The highest BCUT2D eigenvalue weighted by molar-refractivity contribution is 5.84. The van der Waals surface area contributed by atoms with Crippen molar-refractivity contribution in [2.45, 2.75) is 27.7 Å². The van der Waals surface area contributed by atoms with Crippen LogP contribution < -0.4 is 0 Å². The third-order valence-electron chi connectivity index (χ3n) is 2.99. The van der Waals surface area contributed by atoms with Crippen molar-refractivity contribution in [2.24, 2.45) is 17.8 Å². The molecule has 106 valence electrons. The number of methoxy groups -OCH3 is 1. The Balaban J connectivity index is 4.66. The minimum Gasteiger partial charge on any atom is -0.481 e. The molecular weight excluding hydrogens is 234 g/mol. The van der Waals surface area contributed by atoms with Crippen LogP contribution in [0.25, 0.3) is 0 Å². The molecule has 0 saturated heterocycles. The number of nitrogens with zero attached hydrogens (tertiary/aromatic N) is 1. The molecule has 0 aromatic heterocycles. The van der Waals surface area contributed by atoms with Crippen LogP contribution in [0.1, 0.15) is 27.7 Å². The number of rotatable bonds is 8. The second-order valence-electron chi connectivity index (χ2n) is 5.09. The second kappa shape index (κ2) is 8.08. The zero-order valence-electron chi connectivity index (χ0n) is 12.0. The third kappa shape index (κ3) is 5.49. The van der Waals surface area contributed by atoms with Crippen LogP contribution in [0, 0.1) is 17.8 Å². The summed E-state index contributed by atoms with van der Waals surface area (Å²) in [6, 6.07) is 0. The summed E-state index contributed by atoms with van der Waals surface area (Å²) < 4.78 is 4.98. The van der Waals surface area contributed by atoms with E-state index < -0.39 is 17.8 Å². The fraction of sp³-hybridized carbons (Fsp3) is 0.846. The standard InChI is InChI=1S/C13H25NO4/c1-9(2)8-14(6-7-18-5)12(15)10(3)11(4)13(16)17/h9-11H,6-8H2,1-5H3,(H,16,17). The monoisotopic (exact) mass is 259 g/mol. The number of carboxylic acids is 1. The molecule has 0 aliphatic heterocycles. The van der Waals surface area contributed by atoms with E-state index in [0.717, 1.165) is 0 Å². The first kappa shape index (κ1) is 16.9. The Labute approximate surface area is 109 Å². The van der Waals surface area contributed by atoms with Crippen LogP contribution in [0.3, 0.4) is 0 Å². The smallest absolute Gasteiger partial charge is 0.307 e. The Morgan fingerprint density at radius 2 is 1.72 bits per heavy atom. The van der Waals surface area contributed by atoms with Crippen LogP contribution in [0.5, 0.6) is 0 Å². The molecule has 1 N–H and O–H groups in total. The van der Waals surface area contributed by atoms with E-state index in [9.17, 15) is 9.59 Å². The summed E-state index contributed by atoms with van der Waals surface area (Å²) in [6.07, 6.45) is 0. The molecule has 0 aliphatic carbocycles. The zero-order chi connectivity index (χ0) is 14.3. The van der Waals surface area contributed by atoms with E-state index in [1.807, 2.05) is 13.8 Å². The SMILES string of the molecule is COCCN(CC(C)C)C(=O)C(C)C(C)C(=O)O. The van der Waals surface area contributed by atoms with Gasteiger partial charge in [-0.1, -0.05) is 27.7 Å². The summed E-state index contributed by atoms with van der Waals surface area (Å²) in [6.45, 7) is 8.88. The number of carbonyl (C=O) groups excluding carboxylic acids is 1. The maximum atomic E-state index is 12.2. The number of carbonyl (C=O) groups is 2. The summed E-state index contributed by atoms with van der Waals surface area (Å²) in [7, 11) is 1.58. The van der Waals surface area contributed by atoms with Gasteiger partial charge in [-0.15, -0.1) is 0 Å². The van der Waals surface area contributed by atoms with E-state index in [2.05, 4.69) is 0 Å². The van der Waals surface area contributed by atoms with E-state index in [1.54, 1.807) is 25.9 Å². The Hall–Kier alpha value is -1.10. The third-order valence-corrected chi connectivity index (χ3v) is 2.99. The molecule has 0 spiro atoms. The minimum atomic E-state index is -0.938. The summed E-state index contributed by atoms with van der Waals surface area (Å²) in [5, 5.41) is 8.95. The average molecular weight is 259 g/mol. The second-order valence-corrected chi connectivity index (χ2v) is 5.09. The van der Waals surface area contributed by atoms with E-state index in [0.29, 0.717) is 25.6 Å². The van der Waals surface area contributed by atoms with Crippen molar-refractivity contribution in [2.75, 3.05) is 26.8 Å². The summed E-state index contributed by atoms with van der Waals surface area (Å²) in [4.78, 5) is 24.8. The Bertz CT molecular complexity index is 278. The van der Waals surface area contributed by atoms with Gasteiger partial charge in [0.25, 0.3) is 0 Å². The highest BCUT2D eigenvalue weighted by Gasteiger charge is 2.29. The molecule has 18 heavy (non-hydrogen) atoms. The van der Waals surface area contributed by atoms with Gasteiger partial charge < -0.3 is 14.7 Å². The molecule has 0 bridgehead atoms. The van der Waals surface area contributed by atoms with Crippen LogP contribution in [-0.2, 0) is 14.3 Å². The first-order chi connectivity index (χ1) is 8.31. The number of aliphatic carboxylic acids is 1. The van der Waals surface area contributed by atoms with E-state index in [-0.39, 0.29) is 5.91 Å². The molecule has 0 rings (SSSR count). The van der Waals surface area contributed by atoms with Gasteiger partial charge in [-0.05, 0) is 5.92 Å². The van der Waals surface area contributed by atoms with E-state index >= 15 is 0 Å². The van der Waals surface area contributed by atoms with Gasteiger partial charge in [0.15, 0.2) is 0 Å². The average Bonchev–Trinajstić information content (AvgIpc) is 2.30. The lowest BCUT2D eigenvalue weighted by atomic mass is 9.94. The molecule has 5 nitrogen and oxygen atoms in total. The van der Waals surface area contributed by atoms with Crippen molar-refractivity contribution < 1.29 is 19.4 Å². The molecule has 0 saturated carbocycles. The lowest BCUT2D eigenvalue weighted by molar-refractivity contribution is -0.149. The molecule has 2 unspecified atom stereocenters. The van der Waals surface area contributed by atoms with Gasteiger partial charge in [0.1, 0.15) is 0 Å². The first-order valence-electron chi connectivity index (χ1n) is 6.31. The molecule has 0 fully saturated rings. The van der Waals surface area contributed by atoms with Crippen molar-refractivity contribution in [1.82, 2.24) is 4.90 Å². The van der Waals surface area contributed by atoms with E-state index in [4.69, 9.17) is 9.84 Å². The topological polar surface area (TPSA) is 66.8 Å². The van der Waals surface area contributed by atoms with Crippen molar-refractivity contribution in [3.05, 3.63) is 0 Å². The van der Waals surface area contributed by atoms with Crippen molar-refractivity contribution in [1.29, 1.82) is 0 Å². The lowest BCUT2D eigenvalue weighted by Gasteiger charge is -2.28. The molecule has 0 aliphatic rings. The van der Waals surface area contributed by atoms with Gasteiger partial charge >= 0.3 is 5.97 Å². The van der Waals surface area contributed by atoms with Crippen LogP contribution in [0.4, 0.5) is 0 Å². The summed E-state index contributed by atoms with van der Waals surface area (Å²) in [5.41, 5.74) is 0. The number of ether oxygens (including phenoxy) is 1. The van der Waals surface area contributed by atoms with Gasteiger partial charge in [0, 0.05) is 26.1 Å². The normalized spacial score (nSPS) is 14.3. The van der Waals surface area contributed by atoms with Crippen LogP contribution in [0.15, 0.2) is 0 Å². The van der Waals surface area contributed by atoms with Gasteiger partial charge in [-0.2, -0.15) is 0 Å². The van der Waals surface area contributed by atoms with Crippen LogP contribution >= 0.6 is 0 Å². The highest BCUT2D eigenvalue weighted by Crippen LogP contribution is 2.15. The molecule has 5 heteroatoms. The summed E-state index contributed by atoms with van der Waals surface area (Å²) in [5.74, 6) is -1.89. The molecular formula is C13H25NO4. The Morgan fingerprint density at radius 3 is 2.11 bits per heavy atom. The van der Waals surface area contributed by atoms with Gasteiger partial charge in [0.05, 0.1) is 12.5 Å². The molecule has 2 atom stereocenters. The quantitative estimate of drug-likeness (QED) is 0.717. The van der Waals surface area contributed by atoms with Crippen molar-refractivity contribution >= 4 is 11.9 Å². The maximum Gasteiger partial charge on any atom is 0.307 e. The van der Waals surface area contributed by atoms with Crippen molar-refractivity contribution in [3.63, 3.8) is 0 Å².